The fourth-order valence-corrected chi connectivity index (χ4v) is 5.45. The van der Waals surface area contributed by atoms with Crippen molar-refractivity contribution in [3.05, 3.63) is 45.8 Å². The van der Waals surface area contributed by atoms with E-state index in [1.165, 1.54) is 16.2 Å². The first-order chi connectivity index (χ1) is 15.1. The van der Waals surface area contributed by atoms with Crippen LogP contribution in [-0.2, 0) is 22.4 Å². The van der Waals surface area contributed by atoms with E-state index in [1.54, 1.807) is 19.2 Å². The lowest BCUT2D eigenvalue weighted by Crippen LogP contribution is -2.39. The Bertz CT molecular complexity index is 961. The number of anilines is 1. The van der Waals surface area contributed by atoms with E-state index < -0.39 is 6.04 Å². The Labute approximate surface area is 185 Å². The van der Waals surface area contributed by atoms with Crippen molar-refractivity contribution in [1.29, 1.82) is 0 Å². The second-order valence-electron chi connectivity index (χ2n) is 7.84. The maximum Gasteiger partial charge on any atom is 0.254 e. The summed E-state index contributed by atoms with van der Waals surface area (Å²) in [6.45, 7) is 0.856. The number of aromatic hydroxyl groups is 1. The zero-order chi connectivity index (χ0) is 21.8. The molecule has 1 aliphatic heterocycles. The van der Waals surface area contributed by atoms with Crippen LogP contribution >= 0.6 is 11.3 Å². The van der Waals surface area contributed by atoms with Gasteiger partial charge in [-0.15, -0.1) is 11.3 Å². The molecule has 2 amide bonds. The number of benzene rings is 1. The van der Waals surface area contributed by atoms with E-state index in [-0.39, 0.29) is 23.6 Å². The smallest absolute Gasteiger partial charge is 0.254 e. The molecule has 9 heteroatoms. The number of methoxy groups -OCH3 is 1. The monoisotopic (exact) mass is 444 g/mol. The molecule has 1 fully saturated rings. The van der Waals surface area contributed by atoms with Crippen molar-refractivity contribution in [2.75, 3.05) is 25.6 Å². The molecule has 1 saturated heterocycles. The van der Waals surface area contributed by atoms with Gasteiger partial charge in [0.2, 0.25) is 5.91 Å². The quantitative estimate of drug-likeness (QED) is 0.419. The molecule has 2 aromatic rings. The fraction of sp³-hybridized carbons (Fsp3) is 0.455. The summed E-state index contributed by atoms with van der Waals surface area (Å²) >= 11 is 1.50. The van der Waals surface area contributed by atoms with Gasteiger partial charge in [0.05, 0.1) is 18.2 Å². The Hall–Kier alpha value is -2.46. The van der Waals surface area contributed by atoms with Crippen molar-refractivity contribution >= 4 is 28.2 Å². The van der Waals surface area contributed by atoms with E-state index in [4.69, 9.17) is 4.74 Å². The van der Waals surface area contributed by atoms with Crippen LogP contribution in [0.2, 0.25) is 0 Å². The number of ether oxygens (including phenoxy) is 1. The highest BCUT2D eigenvalue weighted by Crippen LogP contribution is 2.38. The molecule has 2 atom stereocenters. The van der Waals surface area contributed by atoms with Gasteiger partial charge in [-0.3, -0.25) is 9.59 Å². The van der Waals surface area contributed by atoms with Gasteiger partial charge in [-0.2, -0.15) is 0 Å². The van der Waals surface area contributed by atoms with E-state index in [0.717, 1.165) is 36.8 Å². The Morgan fingerprint density at radius 2 is 2.03 bits per heavy atom. The highest BCUT2D eigenvalue weighted by Gasteiger charge is 2.33. The van der Waals surface area contributed by atoms with Crippen molar-refractivity contribution in [2.45, 2.75) is 44.2 Å². The maximum atomic E-state index is 13.0. The number of amides is 2. The van der Waals surface area contributed by atoms with Gasteiger partial charge in [0.15, 0.2) is 0 Å². The lowest BCUT2D eigenvalue weighted by Gasteiger charge is -2.14. The molecule has 0 saturated carbocycles. The summed E-state index contributed by atoms with van der Waals surface area (Å²) in [5.74, 6) is -0.171. The summed E-state index contributed by atoms with van der Waals surface area (Å²) in [4.78, 5) is 27.1. The molecule has 2 heterocycles. The third-order valence-corrected chi connectivity index (χ3v) is 6.97. The van der Waals surface area contributed by atoms with Crippen molar-refractivity contribution in [1.82, 2.24) is 16.2 Å². The molecule has 4 rings (SSSR count). The Kier molecular flexibility index (Phi) is 6.86. The minimum Gasteiger partial charge on any atom is -0.508 e. The SMILES string of the molecule is COCCNC(=O)c1c(NC(=O)C2CC(c3ccccc3O)NN2)sc2c1CCCC2. The van der Waals surface area contributed by atoms with E-state index in [9.17, 15) is 14.7 Å². The molecule has 0 bridgehead atoms. The number of thiophene rings is 1. The third kappa shape index (κ3) is 4.74. The van der Waals surface area contributed by atoms with E-state index in [2.05, 4.69) is 21.5 Å². The minimum absolute atomic E-state index is 0.170. The van der Waals surface area contributed by atoms with Gasteiger partial charge >= 0.3 is 0 Å². The van der Waals surface area contributed by atoms with Gasteiger partial charge < -0.3 is 20.5 Å². The molecule has 1 aromatic carbocycles. The normalized spacial score (nSPS) is 20.3. The highest BCUT2D eigenvalue weighted by molar-refractivity contribution is 7.17. The number of carbonyl (C=O) groups is 2. The molecule has 0 radical (unpaired) electrons. The van der Waals surface area contributed by atoms with Gasteiger partial charge in [0.1, 0.15) is 16.8 Å². The van der Waals surface area contributed by atoms with Crippen LogP contribution in [0.25, 0.3) is 0 Å². The average molecular weight is 445 g/mol. The number of para-hydroxylation sites is 1. The first-order valence-electron chi connectivity index (χ1n) is 10.6. The molecule has 1 aliphatic carbocycles. The number of phenols is 1. The van der Waals surface area contributed by atoms with Gasteiger partial charge in [-0.25, -0.2) is 10.9 Å². The van der Waals surface area contributed by atoms with Crippen LogP contribution in [-0.4, -0.2) is 43.2 Å². The molecule has 31 heavy (non-hydrogen) atoms. The van der Waals surface area contributed by atoms with Crippen LogP contribution in [0.1, 0.15) is 51.7 Å². The predicted octanol–water partition coefficient (Wildman–Crippen LogP) is 2.25. The number of carbonyl (C=O) groups excluding carboxylic acids is 2. The summed E-state index contributed by atoms with van der Waals surface area (Å²) in [5.41, 5.74) is 8.51. The van der Waals surface area contributed by atoms with E-state index in [0.29, 0.717) is 30.1 Å². The zero-order valence-electron chi connectivity index (χ0n) is 17.5. The summed E-state index contributed by atoms with van der Waals surface area (Å²) in [6.07, 6.45) is 4.43. The minimum atomic E-state index is -0.479. The Morgan fingerprint density at radius 3 is 2.84 bits per heavy atom. The molecule has 2 aliphatic rings. The molecule has 0 spiro atoms. The molecule has 166 valence electrons. The summed E-state index contributed by atoms with van der Waals surface area (Å²) < 4.78 is 5.02. The van der Waals surface area contributed by atoms with Gasteiger partial charge in [0, 0.05) is 24.1 Å². The highest BCUT2D eigenvalue weighted by atomic mass is 32.1. The maximum absolute atomic E-state index is 13.0. The van der Waals surface area contributed by atoms with Crippen molar-refractivity contribution in [3.63, 3.8) is 0 Å². The zero-order valence-corrected chi connectivity index (χ0v) is 18.3. The number of hydrogen-bond donors (Lipinski definition) is 5. The molecule has 5 N–H and O–H groups in total. The topological polar surface area (TPSA) is 112 Å². The number of hydrazine groups is 1. The first-order valence-corrected chi connectivity index (χ1v) is 11.4. The van der Waals surface area contributed by atoms with Crippen LogP contribution in [0, 0.1) is 0 Å². The summed E-state index contributed by atoms with van der Waals surface area (Å²) in [5, 5.41) is 16.6. The third-order valence-electron chi connectivity index (χ3n) is 5.76. The van der Waals surface area contributed by atoms with E-state index in [1.807, 2.05) is 12.1 Å². The van der Waals surface area contributed by atoms with Gasteiger partial charge in [-0.1, -0.05) is 18.2 Å². The van der Waals surface area contributed by atoms with E-state index >= 15 is 0 Å². The molecule has 1 aromatic heterocycles. The predicted molar refractivity (Wildman–Crippen MR) is 119 cm³/mol. The number of hydrogen-bond acceptors (Lipinski definition) is 7. The molecular formula is C22H28N4O4S. The largest absolute Gasteiger partial charge is 0.508 e. The first kappa shape index (κ1) is 21.8. The van der Waals surface area contributed by atoms with Crippen LogP contribution in [0.15, 0.2) is 24.3 Å². The number of fused-ring (bicyclic) bond motifs is 1. The molecule has 2 unspecified atom stereocenters. The van der Waals surface area contributed by atoms with Crippen molar-refractivity contribution in [3.8, 4) is 5.75 Å². The summed E-state index contributed by atoms with van der Waals surface area (Å²) in [6, 6.07) is 6.44. The van der Waals surface area contributed by atoms with Crippen LogP contribution in [0.5, 0.6) is 5.75 Å². The number of rotatable bonds is 7. The van der Waals surface area contributed by atoms with Crippen LogP contribution in [0.4, 0.5) is 5.00 Å². The number of aryl methyl sites for hydroxylation is 1. The second kappa shape index (κ2) is 9.78. The lowest BCUT2D eigenvalue weighted by atomic mass is 9.95. The lowest BCUT2D eigenvalue weighted by molar-refractivity contribution is -0.117. The van der Waals surface area contributed by atoms with Crippen LogP contribution in [0.3, 0.4) is 0 Å². The van der Waals surface area contributed by atoms with Crippen LogP contribution < -0.4 is 21.5 Å². The Balaban J connectivity index is 1.48. The average Bonchev–Trinajstić information content (AvgIpc) is 3.39. The summed E-state index contributed by atoms with van der Waals surface area (Å²) in [7, 11) is 1.59. The standard InChI is InChI=1S/C22H28N4O4S/c1-30-11-10-23-21(29)19-14-7-3-5-9-18(14)31-22(19)24-20(28)16-12-15(25-26-16)13-6-2-4-8-17(13)27/h2,4,6,8,15-16,25-27H,3,5,7,9-12H2,1H3,(H,23,29)(H,24,28). The van der Waals surface area contributed by atoms with Gasteiger partial charge in [0.25, 0.3) is 5.91 Å². The van der Waals surface area contributed by atoms with Gasteiger partial charge in [-0.05, 0) is 43.7 Å². The molecular weight excluding hydrogens is 416 g/mol. The molecule has 8 nitrogen and oxygen atoms in total. The number of phenolic OH excluding ortho intramolecular Hbond substituents is 1. The Morgan fingerprint density at radius 1 is 1.23 bits per heavy atom. The fourth-order valence-electron chi connectivity index (χ4n) is 4.16. The number of nitrogens with one attached hydrogen (secondary N) is 4. The van der Waals surface area contributed by atoms with Crippen molar-refractivity contribution in [2.24, 2.45) is 0 Å². The second-order valence-corrected chi connectivity index (χ2v) is 8.95. The van der Waals surface area contributed by atoms with Crippen molar-refractivity contribution < 1.29 is 19.4 Å².